The molecule has 0 saturated heterocycles. The fourth-order valence-electron chi connectivity index (χ4n) is 2.00. The quantitative estimate of drug-likeness (QED) is 0.649. The summed E-state index contributed by atoms with van der Waals surface area (Å²) < 4.78 is 14.4. The van der Waals surface area contributed by atoms with Crippen LogP contribution in [0.25, 0.3) is 0 Å². The first kappa shape index (κ1) is 17.9. The molecule has 1 N–H and O–H groups in total. The number of nitrogens with one attached hydrogen (secondary N) is 1. The molecule has 0 amide bonds. The minimum absolute atomic E-state index is 0.158. The Bertz CT molecular complexity index is 443. The normalized spacial score (nSPS) is 13.6. The second-order valence-electron chi connectivity index (χ2n) is 6.47. The van der Waals surface area contributed by atoms with Crippen molar-refractivity contribution in [1.29, 1.82) is 0 Å². The second-order valence-corrected chi connectivity index (χ2v) is 7.73. The highest BCUT2D eigenvalue weighted by molar-refractivity contribution is 9.10. The van der Waals surface area contributed by atoms with Crippen molar-refractivity contribution >= 4 is 27.5 Å². The van der Waals surface area contributed by atoms with Crippen molar-refractivity contribution < 1.29 is 4.39 Å². The van der Waals surface area contributed by atoms with Gasteiger partial charge in [-0.25, -0.2) is 4.39 Å². The zero-order valence-corrected chi connectivity index (χ0v) is 15.0. The SMILES string of the molecule is CC(CCNC(C)(C)C)CCc1cc(Cl)c(Br)cc1F. The van der Waals surface area contributed by atoms with Gasteiger partial charge in [0, 0.05) is 10.0 Å². The van der Waals surface area contributed by atoms with Gasteiger partial charge in [0.2, 0.25) is 0 Å². The zero-order chi connectivity index (χ0) is 15.3. The Balaban J connectivity index is 2.41. The smallest absolute Gasteiger partial charge is 0.127 e. The zero-order valence-electron chi connectivity index (χ0n) is 12.7. The lowest BCUT2D eigenvalue weighted by molar-refractivity contribution is 0.386. The summed E-state index contributed by atoms with van der Waals surface area (Å²) in [6.45, 7) is 9.70. The molecule has 0 saturated carbocycles. The van der Waals surface area contributed by atoms with Gasteiger partial charge in [-0.3, -0.25) is 0 Å². The molecule has 0 fully saturated rings. The molecule has 114 valence electrons. The van der Waals surface area contributed by atoms with E-state index >= 15 is 0 Å². The highest BCUT2D eigenvalue weighted by Gasteiger charge is 2.11. The molecule has 1 nitrogen and oxygen atoms in total. The van der Waals surface area contributed by atoms with Gasteiger partial charge in [-0.1, -0.05) is 18.5 Å². The Morgan fingerprint density at radius 1 is 1.30 bits per heavy atom. The van der Waals surface area contributed by atoms with Gasteiger partial charge in [-0.15, -0.1) is 0 Å². The van der Waals surface area contributed by atoms with E-state index in [2.05, 4.69) is 48.9 Å². The van der Waals surface area contributed by atoms with Crippen LogP contribution in [0.4, 0.5) is 4.39 Å². The summed E-state index contributed by atoms with van der Waals surface area (Å²) in [6.07, 6.45) is 2.80. The van der Waals surface area contributed by atoms with E-state index in [1.807, 2.05) is 0 Å². The van der Waals surface area contributed by atoms with Crippen LogP contribution in [0.3, 0.4) is 0 Å². The number of hydrogen-bond donors (Lipinski definition) is 1. The first-order valence-electron chi connectivity index (χ1n) is 7.07. The molecule has 0 aliphatic rings. The molecule has 0 heterocycles. The van der Waals surface area contributed by atoms with E-state index in [4.69, 9.17) is 11.6 Å². The summed E-state index contributed by atoms with van der Waals surface area (Å²) in [7, 11) is 0. The van der Waals surface area contributed by atoms with Crippen LogP contribution in [0.5, 0.6) is 0 Å². The third-order valence-corrected chi connectivity index (χ3v) is 4.49. The van der Waals surface area contributed by atoms with E-state index in [-0.39, 0.29) is 11.4 Å². The molecular weight excluding hydrogens is 341 g/mol. The monoisotopic (exact) mass is 363 g/mol. The van der Waals surface area contributed by atoms with E-state index in [1.165, 1.54) is 6.07 Å². The van der Waals surface area contributed by atoms with E-state index < -0.39 is 0 Å². The van der Waals surface area contributed by atoms with E-state index in [0.29, 0.717) is 21.0 Å². The first-order chi connectivity index (χ1) is 9.19. The topological polar surface area (TPSA) is 12.0 Å². The fraction of sp³-hybridized carbons (Fsp3) is 0.625. The van der Waals surface area contributed by atoms with Crippen molar-refractivity contribution in [2.24, 2.45) is 5.92 Å². The molecule has 1 atom stereocenters. The molecule has 0 aromatic heterocycles. The van der Waals surface area contributed by atoms with E-state index in [1.54, 1.807) is 6.07 Å². The number of rotatable bonds is 6. The van der Waals surface area contributed by atoms with Crippen molar-refractivity contribution in [2.45, 2.75) is 52.5 Å². The molecule has 20 heavy (non-hydrogen) atoms. The lowest BCUT2D eigenvalue weighted by Crippen LogP contribution is -2.36. The van der Waals surface area contributed by atoms with Crippen LogP contribution < -0.4 is 5.32 Å². The average Bonchev–Trinajstić information content (AvgIpc) is 2.30. The molecule has 1 unspecified atom stereocenters. The van der Waals surface area contributed by atoms with Crippen LogP contribution in [0.1, 0.15) is 46.1 Å². The van der Waals surface area contributed by atoms with Crippen LogP contribution in [-0.4, -0.2) is 12.1 Å². The minimum Gasteiger partial charge on any atom is -0.312 e. The summed E-state index contributed by atoms with van der Waals surface area (Å²) in [5.74, 6) is 0.382. The Morgan fingerprint density at radius 2 is 1.95 bits per heavy atom. The predicted molar refractivity (Wildman–Crippen MR) is 89.0 cm³/mol. The molecular formula is C16H24BrClFN. The van der Waals surface area contributed by atoms with E-state index in [0.717, 1.165) is 25.8 Å². The summed E-state index contributed by atoms with van der Waals surface area (Å²) in [6, 6.07) is 3.17. The highest BCUT2D eigenvalue weighted by Crippen LogP contribution is 2.27. The Hall–Kier alpha value is -0.120. The Morgan fingerprint density at radius 3 is 2.55 bits per heavy atom. The van der Waals surface area contributed by atoms with Crippen molar-refractivity contribution in [3.05, 3.63) is 33.0 Å². The third-order valence-electron chi connectivity index (χ3n) is 3.29. The standard InChI is InChI=1S/C16H24BrClFN/c1-11(7-8-20-16(2,3)4)5-6-12-9-14(18)13(17)10-15(12)19/h9-11,20H,5-8H2,1-4H3. The molecule has 0 aliphatic carbocycles. The van der Waals surface area contributed by atoms with Gasteiger partial charge < -0.3 is 5.32 Å². The van der Waals surface area contributed by atoms with Gasteiger partial charge in [0.25, 0.3) is 0 Å². The maximum absolute atomic E-state index is 13.8. The largest absolute Gasteiger partial charge is 0.312 e. The lowest BCUT2D eigenvalue weighted by Gasteiger charge is -2.22. The van der Waals surface area contributed by atoms with Crippen LogP contribution in [0.15, 0.2) is 16.6 Å². The van der Waals surface area contributed by atoms with Gasteiger partial charge in [0.15, 0.2) is 0 Å². The minimum atomic E-state index is -0.179. The number of hydrogen-bond acceptors (Lipinski definition) is 1. The van der Waals surface area contributed by atoms with Crippen LogP contribution in [-0.2, 0) is 6.42 Å². The Kier molecular flexibility index (Phi) is 6.96. The summed E-state index contributed by atoms with van der Waals surface area (Å²) in [4.78, 5) is 0. The van der Waals surface area contributed by atoms with Crippen molar-refractivity contribution in [1.82, 2.24) is 5.32 Å². The predicted octanol–water partition coefficient (Wildman–Crippen LogP) is 5.59. The van der Waals surface area contributed by atoms with Crippen molar-refractivity contribution in [3.8, 4) is 0 Å². The second kappa shape index (κ2) is 7.77. The maximum Gasteiger partial charge on any atom is 0.127 e. The molecule has 0 aliphatic heterocycles. The number of benzene rings is 1. The van der Waals surface area contributed by atoms with Gasteiger partial charge >= 0.3 is 0 Å². The van der Waals surface area contributed by atoms with Crippen LogP contribution in [0.2, 0.25) is 5.02 Å². The van der Waals surface area contributed by atoms with Crippen LogP contribution >= 0.6 is 27.5 Å². The molecule has 0 spiro atoms. The first-order valence-corrected chi connectivity index (χ1v) is 8.24. The van der Waals surface area contributed by atoms with Gasteiger partial charge in [0.05, 0.1) is 5.02 Å². The molecule has 1 rings (SSSR count). The van der Waals surface area contributed by atoms with Crippen molar-refractivity contribution in [3.63, 3.8) is 0 Å². The Labute approximate surface area is 135 Å². The third kappa shape index (κ3) is 6.55. The maximum atomic E-state index is 13.8. The molecule has 4 heteroatoms. The van der Waals surface area contributed by atoms with Crippen molar-refractivity contribution in [2.75, 3.05) is 6.54 Å². The summed E-state index contributed by atoms with van der Waals surface area (Å²) in [5, 5.41) is 4.05. The van der Waals surface area contributed by atoms with Gasteiger partial charge in [0.1, 0.15) is 5.82 Å². The summed E-state index contributed by atoms with van der Waals surface area (Å²) >= 11 is 9.24. The van der Waals surface area contributed by atoms with E-state index in [9.17, 15) is 4.39 Å². The fourth-order valence-corrected chi connectivity index (χ4v) is 2.50. The van der Waals surface area contributed by atoms with Gasteiger partial charge in [-0.2, -0.15) is 0 Å². The lowest BCUT2D eigenvalue weighted by atomic mass is 9.97. The molecule has 0 radical (unpaired) electrons. The van der Waals surface area contributed by atoms with Gasteiger partial charge in [-0.05, 0) is 86.1 Å². The van der Waals surface area contributed by atoms with Crippen LogP contribution in [0, 0.1) is 11.7 Å². The molecule has 0 bridgehead atoms. The molecule has 1 aromatic carbocycles. The number of halogens is 3. The molecule has 1 aromatic rings. The average molecular weight is 365 g/mol. The summed E-state index contributed by atoms with van der Waals surface area (Å²) in [5.41, 5.74) is 0.860. The number of aryl methyl sites for hydroxylation is 1. The highest BCUT2D eigenvalue weighted by atomic mass is 79.9.